The van der Waals surface area contributed by atoms with E-state index in [0.29, 0.717) is 21.3 Å². The number of aryl methyl sites for hydroxylation is 2. The molecule has 3 aromatic rings. The summed E-state index contributed by atoms with van der Waals surface area (Å²) in [5, 5.41) is 4.42. The monoisotopic (exact) mass is 360 g/mol. The third-order valence-electron chi connectivity index (χ3n) is 3.86. The quantitative estimate of drug-likeness (QED) is 0.649. The second-order valence-corrected chi connectivity index (χ2v) is 7.02. The van der Waals surface area contributed by atoms with Gasteiger partial charge in [-0.1, -0.05) is 28.9 Å². The number of ether oxygens (including phenoxy) is 1. The summed E-state index contributed by atoms with van der Waals surface area (Å²) in [5.41, 5.74) is 1.95. The van der Waals surface area contributed by atoms with Crippen molar-refractivity contribution in [2.24, 2.45) is 0 Å². The highest BCUT2D eigenvalue weighted by Gasteiger charge is 2.20. The number of benzene rings is 1. The van der Waals surface area contributed by atoms with Crippen LogP contribution in [0.4, 0.5) is 0 Å². The summed E-state index contributed by atoms with van der Waals surface area (Å²) in [4.78, 5) is 18.3. The van der Waals surface area contributed by atoms with Gasteiger partial charge in [-0.2, -0.15) is 4.98 Å². The fourth-order valence-corrected chi connectivity index (χ4v) is 4.06. The molecule has 1 aromatic carbocycles. The summed E-state index contributed by atoms with van der Waals surface area (Å²) in [6.07, 6.45) is 3.27. The lowest BCUT2D eigenvalue weighted by atomic mass is 10.2. The van der Waals surface area contributed by atoms with E-state index in [0.717, 1.165) is 12.8 Å². The molecule has 4 rings (SSSR count). The summed E-state index contributed by atoms with van der Waals surface area (Å²) in [6, 6.07) is 9.15. The minimum Gasteiger partial charge on any atom is -0.451 e. The van der Waals surface area contributed by atoms with Crippen molar-refractivity contribution >= 4 is 28.9 Å². The topological polar surface area (TPSA) is 65.2 Å². The van der Waals surface area contributed by atoms with Crippen molar-refractivity contribution in [2.45, 2.75) is 25.9 Å². The number of nitrogens with zero attached hydrogens (tertiary/aromatic N) is 2. The summed E-state index contributed by atoms with van der Waals surface area (Å²) < 4.78 is 10.4. The number of aromatic nitrogens is 2. The molecule has 2 heterocycles. The van der Waals surface area contributed by atoms with E-state index in [4.69, 9.17) is 20.9 Å². The third-order valence-corrected chi connectivity index (χ3v) is 5.40. The van der Waals surface area contributed by atoms with Crippen LogP contribution in [-0.4, -0.2) is 16.1 Å². The maximum absolute atomic E-state index is 12.1. The van der Waals surface area contributed by atoms with Crippen molar-refractivity contribution in [3.63, 3.8) is 0 Å². The fraction of sp³-hybridized carbons (Fsp3) is 0.235. The van der Waals surface area contributed by atoms with Crippen molar-refractivity contribution in [3.8, 4) is 11.4 Å². The molecule has 0 spiro atoms. The van der Waals surface area contributed by atoms with Crippen molar-refractivity contribution < 1.29 is 14.1 Å². The molecule has 122 valence electrons. The first-order valence-electron chi connectivity index (χ1n) is 7.57. The van der Waals surface area contributed by atoms with Crippen LogP contribution in [0.15, 0.2) is 34.9 Å². The summed E-state index contributed by atoms with van der Waals surface area (Å²) >= 11 is 7.62. The summed E-state index contributed by atoms with van der Waals surface area (Å²) in [6.45, 7) is -0.0567. The summed E-state index contributed by atoms with van der Waals surface area (Å²) in [5.74, 6) is 0.260. The molecule has 24 heavy (non-hydrogen) atoms. The first-order chi connectivity index (χ1) is 11.7. The Hall–Kier alpha value is -2.18. The zero-order valence-electron chi connectivity index (χ0n) is 12.6. The molecule has 0 radical (unpaired) electrons. The average Bonchev–Trinajstić information content (AvgIpc) is 3.28. The molecule has 0 N–H and O–H groups in total. The van der Waals surface area contributed by atoms with Gasteiger partial charge in [0.05, 0.1) is 5.02 Å². The highest BCUT2D eigenvalue weighted by molar-refractivity contribution is 7.14. The van der Waals surface area contributed by atoms with Gasteiger partial charge in [0, 0.05) is 10.4 Å². The van der Waals surface area contributed by atoms with E-state index < -0.39 is 0 Å². The number of thiophene rings is 1. The van der Waals surface area contributed by atoms with E-state index in [1.165, 1.54) is 28.2 Å². The van der Waals surface area contributed by atoms with Gasteiger partial charge in [0.15, 0.2) is 6.61 Å². The van der Waals surface area contributed by atoms with Crippen molar-refractivity contribution in [1.82, 2.24) is 10.1 Å². The van der Waals surface area contributed by atoms with Gasteiger partial charge in [-0.3, -0.25) is 0 Å². The molecule has 0 saturated heterocycles. The van der Waals surface area contributed by atoms with Crippen molar-refractivity contribution in [2.75, 3.05) is 0 Å². The molecule has 1 aliphatic carbocycles. The molecule has 0 atom stereocenters. The number of halogens is 1. The standard InChI is InChI=1S/C17H13ClN2O3S/c18-12-6-2-1-5-11(12)16-19-15(23-20-16)9-22-17(21)14-8-10-4-3-7-13(10)24-14/h1-2,5-6,8H,3-4,7,9H2. The van der Waals surface area contributed by atoms with Gasteiger partial charge in [0.25, 0.3) is 5.89 Å². The molecule has 1 aliphatic rings. The van der Waals surface area contributed by atoms with Gasteiger partial charge in [0.2, 0.25) is 5.82 Å². The number of hydrogen-bond acceptors (Lipinski definition) is 6. The third kappa shape index (κ3) is 2.95. The molecule has 0 amide bonds. The molecular weight excluding hydrogens is 348 g/mol. The minimum atomic E-state index is -0.355. The number of esters is 1. The number of carbonyl (C=O) groups excluding carboxylic acids is 1. The van der Waals surface area contributed by atoms with Gasteiger partial charge in [-0.15, -0.1) is 11.3 Å². The van der Waals surface area contributed by atoms with Crippen LogP contribution in [0.5, 0.6) is 0 Å². The van der Waals surface area contributed by atoms with Gasteiger partial charge in [-0.25, -0.2) is 4.79 Å². The van der Waals surface area contributed by atoms with Crippen molar-refractivity contribution in [3.05, 3.63) is 56.6 Å². The zero-order chi connectivity index (χ0) is 16.5. The SMILES string of the molecule is O=C(OCc1nc(-c2ccccc2Cl)no1)c1cc2c(s1)CCC2. The molecule has 0 bridgehead atoms. The van der Waals surface area contributed by atoms with Crippen LogP contribution in [0.2, 0.25) is 5.02 Å². The molecule has 7 heteroatoms. The van der Waals surface area contributed by atoms with E-state index in [1.807, 2.05) is 18.2 Å². The fourth-order valence-electron chi connectivity index (χ4n) is 2.69. The van der Waals surface area contributed by atoms with Gasteiger partial charge in [-0.05, 0) is 43.0 Å². The number of hydrogen-bond donors (Lipinski definition) is 0. The summed E-state index contributed by atoms with van der Waals surface area (Å²) in [7, 11) is 0. The van der Waals surface area contributed by atoms with Gasteiger partial charge in [0.1, 0.15) is 4.88 Å². The van der Waals surface area contributed by atoms with Crippen LogP contribution in [0.1, 0.15) is 32.4 Å². The molecular formula is C17H13ClN2O3S. The van der Waals surface area contributed by atoms with Crippen LogP contribution >= 0.6 is 22.9 Å². The lowest BCUT2D eigenvalue weighted by Crippen LogP contribution is -2.03. The van der Waals surface area contributed by atoms with Gasteiger partial charge >= 0.3 is 5.97 Å². The maximum atomic E-state index is 12.1. The highest BCUT2D eigenvalue weighted by atomic mass is 35.5. The second-order valence-electron chi connectivity index (χ2n) is 5.48. The lowest BCUT2D eigenvalue weighted by molar-refractivity contribution is 0.0435. The van der Waals surface area contributed by atoms with Crippen LogP contribution in [0.3, 0.4) is 0 Å². The average molecular weight is 361 g/mol. The number of carbonyl (C=O) groups is 1. The smallest absolute Gasteiger partial charge is 0.348 e. The zero-order valence-corrected chi connectivity index (χ0v) is 14.2. The van der Waals surface area contributed by atoms with E-state index in [1.54, 1.807) is 12.1 Å². The largest absolute Gasteiger partial charge is 0.451 e. The first-order valence-corrected chi connectivity index (χ1v) is 8.76. The molecule has 0 aliphatic heterocycles. The number of fused-ring (bicyclic) bond motifs is 1. The Balaban J connectivity index is 1.43. The van der Waals surface area contributed by atoms with Crippen molar-refractivity contribution in [1.29, 1.82) is 0 Å². The van der Waals surface area contributed by atoms with Crippen LogP contribution in [0, 0.1) is 0 Å². The lowest BCUT2D eigenvalue weighted by Gasteiger charge is -1.99. The van der Waals surface area contributed by atoms with Gasteiger partial charge < -0.3 is 9.26 Å². The van der Waals surface area contributed by atoms with E-state index in [-0.39, 0.29) is 18.5 Å². The number of rotatable bonds is 4. The Kier molecular flexibility index (Phi) is 4.08. The maximum Gasteiger partial charge on any atom is 0.348 e. The van der Waals surface area contributed by atoms with Crippen LogP contribution < -0.4 is 0 Å². The van der Waals surface area contributed by atoms with E-state index in [9.17, 15) is 4.79 Å². The Morgan fingerprint density at radius 3 is 3.04 bits per heavy atom. The van der Waals surface area contributed by atoms with Crippen LogP contribution in [0.25, 0.3) is 11.4 Å². The molecule has 0 unspecified atom stereocenters. The van der Waals surface area contributed by atoms with Crippen LogP contribution in [-0.2, 0) is 24.2 Å². The molecule has 5 nitrogen and oxygen atoms in total. The Morgan fingerprint density at radius 2 is 2.21 bits per heavy atom. The Labute approximate surface area is 147 Å². The normalized spacial score (nSPS) is 13.0. The predicted octanol–water partition coefficient (Wildman–Crippen LogP) is 4.30. The Morgan fingerprint density at radius 1 is 1.33 bits per heavy atom. The van der Waals surface area contributed by atoms with E-state index in [2.05, 4.69) is 10.1 Å². The highest BCUT2D eigenvalue weighted by Crippen LogP contribution is 2.31. The molecule has 2 aromatic heterocycles. The molecule has 0 saturated carbocycles. The second kappa shape index (κ2) is 6.37. The minimum absolute atomic E-state index is 0.0567. The first kappa shape index (κ1) is 15.4. The Bertz CT molecular complexity index is 881. The molecule has 0 fully saturated rings. The van der Waals surface area contributed by atoms with E-state index >= 15 is 0 Å². The predicted molar refractivity (Wildman–Crippen MR) is 90.2 cm³/mol.